The molecule has 108 valence electrons. The SMILES string of the molecule is CC1(C(=O)O)CCN(C(=O)c2cnn3c2CCCC3)C1. The molecule has 0 saturated carbocycles. The molecule has 0 bridgehead atoms. The second-order valence-electron chi connectivity index (χ2n) is 6.03. The lowest BCUT2D eigenvalue weighted by Crippen LogP contribution is -2.35. The van der Waals surface area contributed by atoms with Crippen molar-refractivity contribution in [3.05, 3.63) is 17.5 Å². The summed E-state index contributed by atoms with van der Waals surface area (Å²) in [6.07, 6.45) is 5.21. The molecule has 3 heterocycles. The van der Waals surface area contributed by atoms with Gasteiger partial charge in [0.25, 0.3) is 5.91 Å². The van der Waals surface area contributed by atoms with E-state index >= 15 is 0 Å². The molecule has 1 aromatic heterocycles. The van der Waals surface area contributed by atoms with Crippen molar-refractivity contribution in [1.82, 2.24) is 14.7 Å². The molecule has 3 rings (SSSR count). The van der Waals surface area contributed by atoms with Gasteiger partial charge in [-0.25, -0.2) is 0 Å². The Morgan fingerprint density at radius 1 is 1.35 bits per heavy atom. The molecule has 1 saturated heterocycles. The molecule has 0 radical (unpaired) electrons. The Labute approximate surface area is 117 Å². The Kier molecular flexibility index (Phi) is 3.03. The number of rotatable bonds is 2. The van der Waals surface area contributed by atoms with E-state index in [1.54, 1.807) is 18.0 Å². The third-order valence-electron chi connectivity index (χ3n) is 4.49. The molecule has 6 nitrogen and oxygen atoms in total. The summed E-state index contributed by atoms with van der Waals surface area (Å²) in [5.74, 6) is -0.900. The summed E-state index contributed by atoms with van der Waals surface area (Å²) in [4.78, 5) is 25.5. The largest absolute Gasteiger partial charge is 0.481 e. The van der Waals surface area contributed by atoms with Crippen molar-refractivity contribution in [1.29, 1.82) is 0 Å². The van der Waals surface area contributed by atoms with Crippen LogP contribution in [0.5, 0.6) is 0 Å². The first kappa shape index (κ1) is 13.1. The summed E-state index contributed by atoms with van der Waals surface area (Å²) in [5, 5.41) is 13.5. The topological polar surface area (TPSA) is 75.4 Å². The smallest absolute Gasteiger partial charge is 0.311 e. The van der Waals surface area contributed by atoms with E-state index in [9.17, 15) is 14.7 Å². The van der Waals surface area contributed by atoms with Crippen LogP contribution in [-0.2, 0) is 17.8 Å². The highest BCUT2D eigenvalue weighted by Crippen LogP contribution is 2.31. The Hall–Kier alpha value is -1.85. The third-order valence-corrected chi connectivity index (χ3v) is 4.49. The second kappa shape index (κ2) is 4.61. The van der Waals surface area contributed by atoms with Gasteiger partial charge in [0.05, 0.1) is 22.9 Å². The van der Waals surface area contributed by atoms with Crippen LogP contribution in [0.2, 0.25) is 0 Å². The molecule has 1 unspecified atom stereocenters. The van der Waals surface area contributed by atoms with Crippen molar-refractivity contribution >= 4 is 11.9 Å². The minimum atomic E-state index is -0.829. The van der Waals surface area contributed by atoms with Crippen LogP contribution in [0.25, 0.3) is 0 Å². The maximum absolute atomic E-state index is 12.6. The van der Waals surface area contributed by atoms with Crippen LogP contribution in [0, 0.1) is 5.41 Å². The summed E-state index contributed by atoms with van der Waals surface area (Å²) >= 11 is 0. The van der Waals surface area contributed by atoms with Gasteiger partial charge in [0.1, 0.15) is 0 Å². The number of aryl methyl sites for hydroxylation is 1. The highest BCUT2D eigenvalue weighted by Gasteiger charge is 2.42. The van der Waals surface area contributed by atoms with Crippen molar-refractivity contribution < 1.29 is 14.7 Å². The molecular formula is C14H19N3O3. The lowest BCUT2D eigenvalue weighted by atomic mass is 9.90. The molecule has 2 aliphatic heterocycles. The molecule has 6 heteroatoms. The summed E-state index contributed by atoms with van der Waals surface area (Å²) < 4.78 is 1.91. The zero-order valence-corrected chi connectivity index (χ0v) is 11.6. The molecular weight excluding hydrogens is 258 g/mol. The molecule has 1 amide bonds. The van der Waals surface area contributed by atoms with Crippen LogP contribution in [0.3, 0.4) is 0 Å². The molecule has 1 fully saturated rings. The predicted molar refractivity (Wildman–Crippen MR) is 71.4 cm³/mol. The minimum Gasteiger partial charge on any atom is -0.481 e. The first-order valence-electron chi connectivity index (χ1n) is 7.09. The van der Waals surface area contributed by atoms with Crippen LogP contribution in [-0.4, -0.2) is 44.8 Å². The number of amides is 1. The van der Waals surface area contributed by atoms with E-state index in [4.69, 9.17) is 0 Å². The first-order chi connectivity index (χ1) is 9.51. The summed E-state index contributed by atoms with van der Waals surface area (Å²) in [6, 6.07) is 0. The number of aromatic nitrogens is 2. The van der Waals surface area contributed by atoms with E-state index in [-0.39, 0.29) is 12.5 Å². The first-order valence-corrected chi connectivity index (χ1v) is 7.09. The van der Waals surface area contributed by atoms with Crippen molar-refractivity contribution in [3.8, 4) is 0 Å². The van der Waals surface area contributed by atoms with Gasteiger partial charge < -0.3 is 10.0 Å². The molecule has 20 heavy (non-hydrogen) atoms. The van der Waals surface area contributed by atoms with Gasteiger partial charge in [-0.15, -0.1) is 0 Å². The fourth-order valence-corrected chi connectivity index (χ4v) is 3.08. The Balaban J connectivity index is 1.81. The number of carbonyl (C=O) groups excluding carboxylic acids is 1. The van der Waals surface area contributed by atoms with Crippen molar-refractivity contribution in [3.63, 3.8) is 0 Å². The molecule has 0 spiro atoms. The van der Waals surface area contributed by atoms with Crippen LogP contribution in [0.1, 0.15) is 42.2 Å². The van der Waals surface area contributed by atoms with Crippen LogP contribution >= 0.6 is 0 Å². The van der Waals surface area contributed by atoms with E-state index in [2.05, 4.69) is 5.10 Å². The summed E-state index contributed by atoms with van der Waals surface area (Å²) in [5.41, 5.74) is 0.840. The average Bonchev–Trinajstić information content (AvgIpc) is 3.03. The quantitative estimate of drug-likeness (QED) is 0.880. The normalized spacial score (nSPS) is 25.6. The summed E-state index contributed by atoms with van der Waals surface area (Å²) in [7, 11) is 0. The predicted octanol–water partition coefficient (Wildman–Crippen LogP) is 1.16. The van der Waals surface area contributed by atoms with Gasteiger partial charge in [-0.2, -0.15) is 5.10 Å². The maximum atomic E-state index is 12.6. The number of carboxylic acid groups (broad SMARTS) is 1. The van der Waals surface area contributed by atoms with Gasteiger partial charge in [-0.3, -0.25) is 14.3 Å². The monoisotopic (exact) mass is 277 g/mol. The number of aliphatic carboxylic acids is 1. The zero-order chi connectivity index (χ0) is 14.3. The average molecular weight is 277 g/mol. The molecule has 1 N–H and O–H groups in total. The lowest BCUT2D eigenvalue weighted by Gasteiger charge is -2.21. The van der Waals surface area contributed by atoms with Gasteiger partial charge in [-0.05, 0) is 32.6 Å². The van der Waals surface area contributed by atoms with E-state index in [0.717, 1.165) is 31.5 Å². The van der Waals surface area contributed by atoms with Gasteiger partial charge in [0.15, 0.2) is 0 Å². The number of nitrogens with zero attached hydrogens (tertiary/aromatic N) is 3. The maximum Gasteiger partial charge on any atom is 0.311 e. The number of hydrogen-bond acceptors (Lipinski definition) is 3. The molecule has 0 aliphatic carbocycles. The second-order valence-corrected chi connectivity index (χ2v) is 6.03. The fourth-order valence-electron chi connectivity index (χ4n) is 3.08. The van der Waals surface area contributed by atoms with E-state index < -0.39 is 11.4 Å². The number of likely N-dealkylation sites (tertiary alicyclic amines) is 1. The van der Waals surface area contributed by atoms with Gasteiger partial charge in [0, 0.05) is 19.6 Å². The molecule has 0 aromatic carbocycles. The number of fused-ring (bicyclic) bond motifs is 1. The Morgan fingerprint density at radius 3 is 2.85 bits per heavy atom. The number of carboxylic acids is 1. The molecule has 1 aromatic rings. The Morgan fingerprint density at radius 2 is 2.15 bits per heavy atom. The van der Waals surface area contributed by atoms with Crippen LogP contribution < -0.4 is 0 Å². The highest BCUT2D eigenvalue weighted by atomic mass is 16.4. The highest BCUT2D eigenvalue weighted by molar-refractivity contribution is 5.96. The minimum absolute atomic E-state index is 0.0712. The van der Waals surface area contributed by atoms with E-state index in [1.807, 2.05) is 4.68 Å². The summed E-state index contributed by atoms with van der Waals surface area (Å²) in [6.45, 7) is 3.36. The molecule has 2 aliphatic rings. The molecule has 1 atom stereocenters. The zero-order valence-electron chi connectivity index (χ0n) is 11.6. The van der Waals surface area contributed by atoms with Crippen molar-refractivity contribution in [2.75, 3.05) is 13.1 Å². The lowest BCUT2D eigenvalue weighted by molar-refractivity contribution is -0.147. The van der Waals surface area contributed by atoms with Gasteiger partial charge in [0.2, 0.25) is 0 Å². The van der Waals surface area contributed by atoms with Gasteiger partial charge >= 0.3 is 5.97 Å². The number of hydrogen-bond donors (Lipinski definition) is 1. The Bertz CT molecular complexity index is 566. The third kappa shape index (κ3) is 1.99. The van der Waals surface area contributed by atoms with Gasteiger partial charge in [-0.1, -0.05) is 0 Å². The van der Waals surface area contributed by atoms with Crippen molar-refractivity contribution in [2.24, 2.45) is 5.41 Å². The number of carbonyl (C=O) groups is 2. The standard InChI is InChI=1S/C14H19N3O3/c1-14(13(19)20)5-7-16(9-14)12(18)10-8-15-17-6-3-2-4-11(10)17/h8H,2-7,9H2,1H3,(H,19,20). The van der Waals surface area contributed by atoms with Crippen LogP contribution in [0.4, 0.5) is 0 Å². The van der Waals surface area contributed by atoms with E-state index in [1.165, 1.54) is 0 Å². The van der Waals surface area contributed by atoms with Crippen molar-refractivity contribution in [2.45, 2.75) is 39.2 Å². The van der Waals surface area contributed by atoms with E-state index in [0.29, 0.717) is 18.5 Å². The van der Waals surface area contributed by atoms with Crippen LogP contribution in [0.15, 0.2) is 6.20 Å². The fraction of sp³-hybridized carbons (Fsp3) is 0.643.